The van der Waals surface area contributed by atoms with E-state index in [4.69, 9.17) is 0 Å². The Labute approximate surface area is 120 Å². The van der Waals surface area contributed by atoms with Crippen molar-refractivity contribution in [2.24, 2.45) is 0 Å². The zero-order valence-electron chi connectivity index (χ0n) is 11.9. The fourth-order valence-corrected chi connectivity index (χ4v) is 3.17. The summed E-state index contributed by atoms with van der Waals surface area (Å²) in [7, 11) is 0. The molecule has 104 valence electrons. The van der Waals surface area contributed by atoms with Gasteiger partial charge in [-0.25, -0.2) is 0 Å². The molecule has 1 aliphatic rings. The van der Waals surface area contributed by atoms with Gasteiger partial charge in [-0.15, -0.1) is 0 Å². The number of benzene rings is 2. The van der Waals surface area contributed by atoms with Crippen LogP contribution in [-0.4, -0.2) is 11.7 Å². The van der Waals surface area contributed by atoms with Crippen molar-refractivity contribution in [2.45, 2.75) is 31.7 Å². The molecule has 0 aromatic heterocycles. The molecule has 0 saturated heterocycles. The monoisotopic (exact) mass is 267 g/mol. The van der Waals surface area contributed by atoms with Crippen molar-refractivity contribution in [1.29, 1.82) is 0 Å². The summed E-state index contributed by atoms with van der Waals surface area (Å²) in [6.45, 7) is 2.21. The molecule has 20 heavy (non-hydrogen) atoms. The second kappa shape index (κ2) is 5.29. The molecule has 2 heteroatoms. The van der Waals surface area contributed by atoms with E-state index in [1.807, 2.05) is 0 Å². The predicted octanol–water partition coefficient (Wildman–Crippen LogP) is 3.63. The molecule has 2 nitrogen and oxygen atoms in total. The van der Waals surface area contributed by atoms with E-state index in [2.05, 4.69) is 60.8 Å². The van der Waals surface area contributed by atoms with E-state index < -0.39 is 0 Å². The molecule has 0 spiro atoms. The van der Waals surface area contributed by atoms with Crippen molar-refractivity contribution in [3.8, 4) is 0 Å². The lowest BCUT2D eigenvalue weighted by Crippen LogP contribution is -2.42. The molecule has 0 radical (unpaired) electrons. The Morgan fingerprint density at radius 2 is 1.85 bits per heavy atom. The summed E-state index contributed by atoms with van der Waals surface area (Å²) in [5, 5.41) is 13.6. The van der Waals surface area contributed by atoms with Crippen molar-refractivity contribution in [3.63, 3.8) is 0 Å². The second-order valence-electron chi connectivity index (χ2n) is 5.74. The number of hydrogen-bond donors (Lipinski definition) is 2. The highest BCUT2D eigenvalue weighted by atomic mass is 16.3. The third kappa shape index (κ3) is 2.32. The van der Waals surface area contributed by atoms with Gasteiger partial charge in [0.2, 0.25) is 0 Å². The highest BCUT2D eigenvalue weighted by molar-refractivity contribution is 5.51. The summed E-state index contributed by atoms with van der Waals surface area (Å²) in [5.41, 5.74) is 4.57. The first-order chi connectivity index (χ1) is 9.73. The van der Waals surface area contributed by atoms with Crippen LogP contribution < -0.4 is 5.32 Å². The van der Waals surface area contributed by atoms with Crippen LogP contribution in [0.25, 0.3) is 0 Å². The van der Waals surface area contributed by atoms with E-state index in [1.165, 1.54) is 16.7 Å². The number of nitrogens with one attached hydrogen (secondary N) is 1. The molecule has 0 aliphatic heterocycles. The number of aryl methyl sites for hydroxylation is 2. The topological polar surface area (TPSA) is 32.3 Å². The fraction of sp³-hybridized carbons (Fsp3) is 0.333. The quantitative estimate of drug-likeness (QED) is 0.890. The maximum Gasteiger partial charge on any atom is 0.0859 e. The number of rotatable bonds is 3. The van der Waals surface area contributed by atoms with Gasteiger partial charge in [0.25, 0.3) is 0 Å². The average molecular weight is 267 g/mol. The van der Waals surface area contributed by atoms with Crippen molar-refractivity contribution >= 4 is 5.69 Å². The largest absolute Gasteiger partial charge is 0.394 e. The van der Waals surface area contributed by atoms with Crippen LogP contribution in [0.3, 0.4) is 0 Å². The first-order valence-electron chi connectivity index (χ1n) is 7.28. The maximum atomic E-state index is 10.0. The van der Waals surface area contributed by atoms with E-state index in [1.54, 1.807) is 0 Å². The Hall–Kier alpha value is -1.80. The van der Waals surface area contributed by atoms with E-state index >= 15 is 0 Å². The van der Waals surface area contributed by atoms with Gasteiger partial charge in [-0.1, -0.05) is 42.0 Å². The summed E-state index contributed by atoms with van der Waals surface area (Å²) >= 11 is 0. The van der Waals surface area contributed by atoms with Crippen LogP contribution in [0.2, 0.25) is 0 Å². The van der Waals surface area contributed by atoms with E-state index in [0.717, 1.165) is 24.9 Å². The molecule has 0 amide bonds. The van der Waals surface area contributed by atoms with Gasteiger partial charge in [-0.05, 0) is 49.4 Å². The molecule has 0 heterocycles. The second-order valence-corrected chi connectivity index (χ2v) is 5.74. The lowest BCUT2D eigenvalue weighted by Gasteiger charge is -2.39. The molecule has 2 N–H and O–H groups in total. The number of aliphatic hydroxyl groups excluding tert-OH is 1. The molecule has 2 aromatic rings. The number of aliphatic hydroxyl groups is 1. The average Bonchev–Trinajstić information content (AvgIpc) is 2.50. The molecule has 1 unspecified atom stereocenters. The summed E-state index contributed by atoms with van der Waals surface area (Å²) in [4.78, 5) is 0. The minimum Gasteiger partial charge on any atom is -0.394 e. The molecule has 0 fully saturated rings. The van der Waals surface area contributed by atoms with Crippen LogP contribution in [0, 0.1) is 6.92 Å². The van der Waals surface area contributed by atoms with Crippen molar-refractivity contribution in [2.75, 3.05) is 11.9 Å². The Balaban J connectivity index is 1.98. The first-order valence-corrected chi connectivity index (χ1v) is 7.28. The molecule has 3 rings (SSSR count). The molecule has 0 bridgehead atoms. The smallest absolute Gasteiger partial charge is 0.0859 e. The van der Waals surface area contributed by atoms with Crippen LogP contribution in [0.4, 0.5) is 5.69 Å². The Morgan fingerprint density at radius 3 is 2.60 bits per heavy atom. The van der Waals surface area contributed by atoms with E-state index in [-0.39, 0.29) is 12.1 Å². The van der Waals surface area contributed by atoms with Gasteiger partial charge >= 0.3 is 0 Å². The van der Waals surface area contributed by atoms with Gasteiger partial charge in [0.1, 0.15) is 0 Å². The molecular weight excluding hydrogens is 246 g/mol. The summed E-state index contributed by atoms with van der Waals surface area (Å²) in [5.74, 6) is 0. The highest BCUT2D eigenvalue weighted by Crippen LogP contribution is 2.37. The van der Waals surface area contributed by atoms with Gasteiger partial charge in [-0.3, -0.25) is 0 Å². The minimum absolute atomic E-state index is 0.123. The SMILES string of the molecule is Cc1ccc(NC2(CO)CCCc3ccccc32)cc1. The molecular formula is C18H21NO. The van der Waals surface area contributed by atoms with Gasteiger partial charge in [0.15, 0.2) is 0 Å². The summed E-state index contributed by atoms with van der Waals surface area (Å²) in [6, 6.07) is 16.8. The standard InChI is InChI=1S/C18H21NO/c1-14-8-10-16(11-9-14)19-18(13-20)12-4-6-15-5-2-3-7-17(15)18/h2-3,5,7-11,19-20H,4,6,12-13H2,1H3. The number of anilines is 1. The van der Waals surface area contributed by atoms with Crippen molar-refractivity contribution in [3.05, 3.63) is 65.2 Å². The Kier molecular flexibility index (Phi) is 3.49. The molecule has 1 atom stereocenters. The van der Waals surface area contributed by atoms with E-state index in [9.17, 15) is 5.11 Å². The molecule has 1 aliphatic carbocycles. The van der Waals surface area contributed by atoms with Gasteiger partial charge in [-0.2, -0.15) is 0 Å². The minimum atomic E-state index is -0.343. The highest BCUT2D eigenvalue weighted by Gasteiger charge is 2.35. The van der Waals surface area contributed by atoms with Gasteiger partial charge in [0.05, 0.1) is 12.1 Å². The van der Waals surface area contributed by atoms with Crippen molar-refractivity contribution in [1.82, 2.24) is 0 Å². The lowest BCUT2D eigenvalue weighted by molar-refractivity contribution is 0.194. The van der Waals surface area contributed by atoms with E-state index in [0.29, 0.717) is 0 Å². The Morgan fingerprint density at radius 1 is 1.10 bits per heavy atom. The summed E-state index contributed by atoms with van der Waals surface area (Å²) in [6.07, 6.45) is 3.18. The fourth-order valence-electron chi connectivity index (χ4n) is 3.17. The van der Waals surface area contributed by atoms with Crippen molar-refractivity contribution < 1.29 is 5.11 Å². The van der Waals surface area contributed by atoms with Crippen LogP contribution in [0.1, 0.15) is 29.5 Å². The van der Waals surface area contributed by atoms with Crippen LogP contribution in [-0.2, 0) is 12.0 Å². The zero-order chi connectivity index (χ0) is 14.0. The number of fused-ring (bicyclic) bond motifs is 1. The summed E-state index contributed by atoms with van der Waals surface area (Å²) < 4.78 is 0. The Bertz CT molecular complexity index is 591. The number of hydrogen-bond acceptors (Lipinski definition) is 2. The molecule has 2 aromatic carbocycles. The van der Waals surface area contributed by atoms with Crippen LogP contribution in [0.15, 0.2) is 48.5 Å². The third-order valence-corrected chi connectivity index (χ3v) is 4.29. The van der Waals surface area contributed by atoms with Crippen LogP contribution in [0.5, 0.6) is 0 Å². The van der Waals surface area contributed by atoms with Crippen LogP contribution >= 0.6 is 0 Å². The lowest BCUT2D eigenvalue weighted by atomic mass is 9.76. The third-order valence-electron chi connectivity index (χ3n) is 4.29. The first kappa shape index (κ1) is 13.2. The van der Waals surface area contributed by atoms with Gasteiger partial charge in [0, 0.05) is 5.69 Å². The normalized spacial score (nSPS) is 21.3. The molecule has 0 saturated carbocycles. The zero-order valence-corrected chi connectivity index (χ0v) is 11.9. The predicted molar refractivity (Wildman–Crippen MR) is 82.9 cm³/mol. The van der Waals surface area contributed by atoms with Gasteiger partial charge < -0.3 is 10.4 Å². The maximum absolute atomic E-state index is 10.0.